The molecule has 0 aliphatic heterocycles. The summed E-state index contributed by atoms with van der Waals surface area (Å²) in [7, 11) is 0. The standard InChI is InChI=1S/C21H12Cl2F2N4O/c22-14-2-1-3-17(25)19(14)13-8-11-10-26-7-6-18(11)28-20(13)29-21(30)27-12-4-5-16(24)15(23)9-12/h1-10H,(H2,27,28,29,30). The fourth-order valence-corrected chi connectivity index (χ4v) is 3.35. The normalized spacial score (nSPS) is 10.8. The predicted octanol–water partition coefficient (Wildman–Crippen LogP) is 6.53. The van der Waals surface area contributed by atoms with Gasteiger partial charge >= 0.3 is 6.03 Å². The van der Waals surface area contributed by atoms with Crippen molar-refractivity contribution >= 4 is 51.6 Å². The van der Waals surface area contributed by atoms with E-state index in [-0.39, 0.29) is 32.7 Å². The van der Waals surface area contributed by atoms with E-state index in [9.17, 15) is 13.6 Å². The Morgan fingerprint density at radius 1 is 0.933 bits per heavy atom. The molecule has 0 fully saturated rings. The first-order valence-corrected chi connectivity index (χ1v) is 9.40. The smallest absolute Gasteiger partial charge is 0.308 e. The van der Waals surface area contributed by atoms with Gasteiger partial charge in [0.2, 0.25) is 0 Å². The minimum Gasteiger partial charge on any atom is -0.308 e. The molecule has 9 heteroatoms. The summed E-state index contributed by atoms with van der Waals surface area (Å²) >= 11 is 12.0. The van der Waals surface area contributed by atoms with E-state index >= 15 is 0 Å². The number of rotatable bonds is 3. The number of nitrogens with zero attached hydrogens (tertiary/aromatic N) is 2. The summed E-state index contributed by atoms with van der Waals surface area (Å²) in [5.74, 6) is -1.09. The monoisotopic (exact) mass is 444 g/mol. The number of amides is 2. The highest BCUT2D eigenvalue weighted by Crippen LogP contribution is 2.36. The fraction of sp³-hybridized carbons (Fsp3) is 0. The topological polar surface area (TPSA) is 66.9 Å². The van der Waals surface area contributed by atoms with Gasteiger partial charge in [-0.1, -0.05) is 29.3 Å². The van der Waals surface area contributed by atoms with Crippen LogP contribution in [-0.2, 0) is 0 Å². The van der Waals surface area contributed by atoms with Crippen molar-refractivity contribution in [2.75, 3.05) is 10.6 Å². The van der Waals surface area contributed by atoms with Gasteiger partial charge < -0.3 is 5.32 Å². The lowest BCUT2D eigenvalue weighted by Gasteiger charge is -2.14. The molecule has 5 nitrogen and oxygen atoms in total. The third-order valence-electron chi connectivity index (χ3n) is 4.26. The molecule has 0 spiro atoms. The lowest BCUT2D eigenvalue weighted by Crippen LogP contribution is -2.20. The highest BCUT2D eigenvalue weighted by atomic mass is 35.5. The third kappa shape index (κ3) is 4.03. The maximum atomic E-state index is 14.6. The van der Waals surface area contributed by atoms with Gasteiger partial charge in [0.05, 0.1) is 15.6 Å². The van der Waals surface area contributed by atoms with Crippen molar-refractivity contribution in [1.82, 2.24) is 9.97 Å². The molecule has 4 aromatic rings. The number of benzene rings is 2. The highest BCUT2D eigenvalue weighted by molar-refractivity contribution is 6.33. The van der Waals surface area contributed by atoms with Gasteiger partial charge in [-0.15, -0.1) is 0 Å². The summed E-state index contributed by atoms with van der Waals surface area (Å²) in [6, 6.07) is 10.7. The summed E-state index contributed by atoms with van der Waals surface area (Å²) < 4.78 is 27.9. The van der Waals surface area contributed by atoms with Crippen LogP contribution in [0.15, 0.2) is 60.9 Å². The number of nitrogens with one attached hydrogen (secondary N) is 2. The maximum Gasteiger partial charge on any atom is 0.324 e. The van der Waals surface area contributed by atoms with Crippen molar-refractivity contribution in [3.63, 3.8) is 0 Å². The fourth-order valence-electron chi connectivity index (χ4n) is 2.90. The molecule has 0 aliphatic rings. The number of carbonyl (C=O) groups is 1. The highest BCUT2D eigenvalue weighted by Gasteiger charge is 2.18. The first-order valence-electron chi connectivity index (χ1n) is 8.64. The largest absolute Gasteiger partial charge is 0.324 e. The summed E-state index contributed by atoms with van der Waals surface area (Å²) in [4.78, 5) is 21.0. The summed E-state index contributed by atoms with van der Waals surface area (Å²) in [6.45, 7) is 0. The van der Waals surface area contributed by atoms with Crippen LogP contribution >= 0.6 is 23.2 Å². The molecule has 0 radical (unpaired) electrons. The average Bonchev–Trinajstić information content (AvgIpc) is 2.71. The molecule has 0 unspecified atom stereocenters. The Balaban J connectivity index is 1.75. The molecule has 2 aromatic heterocycles. The Hall–Kier alpha value is -3.29. The Bertz CT molecular complexity index is 1260. The first kappa shape index (κ1) is 20.0. The molecule has 0 bridgehead atoms. The van der Waals surface area contributed by atoms with Gasteiger partial charge in [0.1, 0.15) is 17.5 Å². The van der Waals surface area contributed by atoms with Crippen LogP contribution in [0, 0.1) is 11.6 Å². The van der Waals surface area contributed by atoms with E-state index in [1.54, 1.807) is 24.5 Å². The molecule has 0 aliphatic carbocycles. The molecule has 4 rings (SSSR count). The second-order valence-electron chi connectivity index (χ2n) is 6.26. The molecular weight excluding hydrogens is 433 g/mol. The molecule has 30 heavy (non-hydrogen) atoms. The van der Waals surface area contributed by atoms with Gasteiger partial charge in [-0.3, -0.25) is 10.3 Å². The first-order chi connectivity index (χ1) is 14.4. The van der Waals surface area contributed by atoms with Crippen molar-refractivity contribution in [3.8, 4) is 11.1 Å². The van der Waals surface area contributed by atoms with Crippen LogP contribution in [0.1, 0.15) is 0 Å². The zero-order valence-electron chi connectivity index (χ0n) is 15.1. The zero-order chi connectivity index (χ0) is 21.3. The molecule has 2 aromatic carbocycles. The number of anilines is 2. The van der Waals surface area contributed by atoms with Crippen LogP contribution < -0.4 is 10.6 Å². The zero-order valence-corrected chi connectivity index (χ0v) is 16.6. The molecule has 2 amide bonds. The predicted molar refractivity (Wildman–Crippen MR) is 114 cm³/mol. The molecule has 2 heterocycles. The third-order valence-corrected chi connectivity index (χ3v) is 4.86. The SMILES string of the molecule is O=C(Nc1ccc(F)c(Cl)c1)Nc1nc2ccncc2cc1-c1c(F)cccc1Cl. The van der Waals surface area contributed by atoms with Crippen LogP contribution in [0.25, 0.3) is 22.0 Å². The van der Waals surface area contributed by atoms with Gasteiger partial charge in [0, 0.05) is 34.6 Å². The van der Waals surface area contributed by atoms with E-state index in [4.69, 9.17) is 23.2 Å². The number of aromatic nitrogens is 2. The molecule has 0 atom stereocenters. The van der Waals surface area contributed by atoms with E-state index in [2.05, 4.69) is 20.6 Å². The van der Waals surface area contributed by atoms with Gasteiger partial charge in [-0.2, -0.15) is 0 Å². The molecular formula is C21H12Cl2F2N4O. The van der Waals surface area contributed by atoms with Gasteiger partial charge in [0.15, 0.2) is 0 Å². The van der Waals surface area contributed by atoms with Crippen molar-refractivity contribution in [2.45, 2.75) is 0 Å². The minimum absolute atomic E-state index is 0.0893. The van der Waals surface area contributed by atoms with Gasteiger partial charge in [0.25, 0.3) is 0 Å². The summed E-state index contributed by atoms with van der Waals surface area (Å²) in [6.07, 6.45) is 3.13. The van der Waals surface area contributed by atoms with Crippen LogP contribution in [0.4, 0.5) is 25.1 Å². The number of halogens is 4. The van der Waals surface area contributed by atoms with Crippen molar-refractivity contribution in [2.24, 2.45) is 0 Å². The van der Waals surface area contributed by atoms with Gasteiger partial charge in [-0.05, 0) is 42.5 Å². The van der Waals surface area contributed by atoms with E-state index in [1.165, 1.54) is 30.3 Å². The van der Waals surface area contributed by atoms with Crippen LogP contribution in [0.2, 0.25) is 10.0 Å². The second-order valence-corrected chi connectivity index (χ2v) is 7.07. The van der Waals surface area contributed by atoms with Crippen LogP contribution in [0.3, 0.4) is 0 Å². The second kappa shape index (κ2) is 8.22. The number of hydrogen-bond donors (Lipinski definition) is 2. The minimum atomic E-state index is -0.674. The molecule has 0 saturated carbocycles. The Labute approximate surface area is 179 Å². The van der Waals surface area contributed by atoms with E-state index in [0.717, 1.165) is 6.07 Å². The molecule has 2 N–H and O–H groups in total. The summed E-state index contributed by atoms with van der Waals surface area (Å²) in [5.41, 5.74) is 1.19. The van der Waals surface area contributed by atoms with E-state index in [1.807, 2.05) is 0 Å². The number of fused-ring (bicyclic) bond motifs is 1. The maximum absolute atomic E-state index is 14.6. The Kier molecular flexibility index (Phi) is 5.48. The van der Waals surface area contributed by atoms with Crippen LogP contribution in [-0.4, -0.2) is 16.0 Å². The van der Waals surface area contributed by atoms with E-state index < -0.39 is 17.7 Å². The van der Waals surface area contributed by atoms with Crippen LogP contribution in [0.5, 0.6) is 0 Å². The van der Waals surface area contributed by atoms with Gasteiger partial charge in [-0.25, -0.2) is 18.6 Å². The number of pyridine rings is 2. The Morgan fingerprint density at radius 2 is 1.77 bits per heavy atom. The lowest BCUT2D eigenvalue weighted by molar-refractivity contribution is 0.262. The summed E-state index contributed by atoms with van der Waals surface area (Å²) in [5, 5.41) is 5.80. The average molecular weight is 445 g/mol. The Morgan fingerprint density at radius 3 is 2.53 bits per heavy atom. The number of urea groups is 1. The molecule has 0 saturated heterocycles. The van der Waals surface area contributed by atoms with E-state index in [0.29, 0.717) is 10.9 Å². The van der Waals surface area contributed by atoms with Crippen molar-refractivity contribution in [3.05, 3.63) is 82.6 Å². The molecule has 150 valence electrons. The lowest BCUT2D eigenvalue weighted by atomic mass is 10.0. The quantitative estimate of drug-likeness (QED) is 0.377. The van der Waals surface area contributed by atoms with Crippen molar-refractivity contribution < 1.29 is 13.6 Å². The van der Waals surface area contributed by atoms with Crippen molar-refractivity contribution in [1.29, 1.82) is 0 Å². The number of carbonyl (C=O) groups excluding carboxylic acids is 1. The number of hydrogen-bond acceptors (Lipinski definition) is 3.